The van der Waals surface area contributed by atoms with Crippen LogP contribution in [0.2, 0.25) is 0 Å². The molecule has 0 aliphatic heterocycles. The van der Waals surface area contributed by atoms with Crippen LogP contribution in [0.15, 0.2) is 72.8 Å². The van der Waals surface area contributed by atoms with E-state index in [0.29, 0.717) is 18.0 Å². The van der Waals surface area contributed by atoms with Gasteiger partial charge in [0.25, 0.3) is 0 Å². The second-order valence-electron chi connectivity index (χ2n) is 8.03. The van der Waals surface area contributed by atoms with E-state index in [2.05, 4.69) is 5.32 Å². The maximum atomic E-state index is 13.5. The minimum absolute atomic E-state index is 0.308. The summed E-state index contributed by atoms with van der Waals surface area (Å²) in [5.41, 5.74) is 4.61. The zero-order chi connectivity index (χ0) is 21.5. The molecule has 0 saturated heterocycles. The lowest BCUT2D eigenvalue weighted by molar-refractivity contribution is -0.314. The van der Waals surface area contributed by atoms with E-state index in [1.807, 2.05) is 55.5 Å². The monoisotopic (exact) mass is 412 g/mol. The minimum Gasteiger partial charge on any atom is -0.550 e. The molecule has 1 amide bonds. The van der Waals surface area contributed by atoms with Gasteiger partial charge in [0.15, 0.2) is 0 Å². The molecule has 156 valence electrons. The summed E-state index contributed by atoms with van der Waals surface area (Å²) in [7, 11) is 0. The van der Waals surface area contributed by atoms with Gasteiger partial charge in [0, 0.05) is 29.4 Å². The Balaban J connectivity index is 1.56. The van der Waals surface area contributed by atoms with Crippen molar-refractivity contribution in [3.63, 3.8) is 0 Å². The number of hydrogen-bond donors (Lipinski definition) is 1. The van der Waals surface area contributed by atoms with Crippen molar-refractivity contribution in [2.24, 2.45) is 11.8 Å². The first-order valence-electron chi connectivity index (χ1n) is 10.5. The maximum absolute atomic E-state index is 13.5. The Hall–Kier alpha value is -3.60. The van der Waals surface area contributed by atoms with Crippen LogP contribution in [0.5, 0.6) is 5.75 Å². The van der Waals surface area contributed by atoms with Gasteiger partial charge in [-0.2, -0.15) is 0 Å². The number of anilines is 1. The van der Waals surface area contributed by atoms with Crippen LogP contribution >= 0.6 is 0 Å². The molecule has 0 spiro atoms. The summed E-state index contributed by atoms with van der Waals surface area (Å²) in [6, 6.07) is 22.8. The van der Waals surface area contributed by atoms with Crippen molar-refractivity contribution in [1.29, 1.82) is 0 Å². The van der Waals surface area contributed by atoms with Crippen LogP contribution in [0, 0.1) is 11.8 Å². The Morgan fingerprint density at radius 1 is 0.806 bits per heavy atom. The van der Waals surface area contributed by atoms with Gasteiger partial charge in [-0.3, -0.25) is 4.79 Å². The fourth-order valence-corrected chi connectivity index (χ4v) is 5.30. The smallest absolute Gasteiger partial charge is 0.229 e. The highest BCUT2D eigenvalue weighted by Crippen LogP contribution is 2.58. The van der Waals surface area contributed by atoms with Gasteiger partial charge in [-0.25, -0.2) is 0 Å². The third kappa shape index (κ3) is 3.08. The molecule has 2 atom stereocenters. The largest absolute Gasteiger partial charge is 0.550 e. The molecule has 0 unspecified atom stereocenters. The summed E-state index contributed by atoms with van der Waals surface area (Å²) in [6.45, 7) is 2.46. The van der Waals surface area contributed by atoms with Crippen LogP contribution in [0.1, 0.15) is 41.0 Å². The SMILES string of the molecule is CCOc1ccc(NC(=O)[C@H]2C3c4ccccc4C(c4ccccc43)[C@@H]2C(=O)[O-])cc1. The molecule has 5 heteroatoms. The van der Waals surface area contributed by atoms with Gasteiger partial charge >= 0.3 is 0 Å². The number of fused-ring (bicyclic) bond motifs is 1. The first-order chi connectivity index (χ1) is 15.1. The molecular weight excluding hydrogens is 390 g/mol. The molecule has 0 fully saturated rings. The number of nitrogens with one attached hydrogen (secondary N) is 1. The van der Waals surface area contributed by atoms with Crippen LogP contribution < -0.4 is 15.2 Å². The summed E-state index contributed by atoms with van der Waals surface area (Å²) >= 11 is 0. The van der Waals surface area contributed by atoms with Crippen LogP contribution in [0.25, 0.3) is 0 Å². The molecule has 0 aromatic heterocycles. The number of benzene rings is 3. The third-order valence-corrected chi connectivity index (χ3v) is 6.45. The molecule has 5 nitrogen and oxygen atoms in total. The molecule has 3 aromatic rings. The van der Waals surface area contributed by atoms with Crippen LogP contribution in [0.4, 0.5) is 5.69 Å². The highest BCUT2D eigenvalue weighted by Gasteiger charge is 2.52. The van der Waals surface area contributed by atoms with Crippen molar-refractivity contribution in [2.75, 3.05) is 11.9 Å². The fourth-order valence-electron chi connectivity index (χ4n) is 5.30. The zero-order valence-electron chi connectivity index (χ0n) is 17.1. The fraction of sp³-hybridized carbons (Fsp3) is 0.231. The van der Waals surface area contributed by atoms with Crippen LogP contribution in [-0.4, -0.2) is 18.5 Å². The molecule has 0 heterocycles. The van der Waals surface area contributed by atoms with Gasteiger partial charge in [0.1, 0.15) is 5.75 Å². The van der Waals surface area contributed by atoms with Crippen LogP contribution in [0.3, 0.4) is 0 Å². The first kappa shape index (κ1) is 19.4. The van der Waals surface area contributed by atoms with Gasteiger partial charge in [-0.1, -0.05) is 48.5 Å². The third-order valence-electron chi connectivity index (χ3n) is 6.45. The standard InChI is InChI=1S/C26H23NO4/c1-2-31-16-13-11-15(12-14-16)27-25(28)23-21-17-7-3-5-9-19(17)22(24(23)26(29)30)20-10-6-4-8-18(20)21/h3-14,21-24H,2H2,1H3,(H,27,28)(H,29,30)/p-1/t21?,22?,23-,24-/m0/s1. The van der Waals surface area contributed by atoms with E-state index < -0.39 is 23.7 Å². The van der Waals surface area contributed by atoms with Crippen molar-refractivity contribution in [2.45, 2.75) is 18.8 Å². The number of hydrogen-bond acceptors (Lipinski definition) is 4. The van der Waals surface area contributed by atoms with Crippen molar-refractivity contribution < 1.29 is 19.4 Å². The highest BCUT2D eigenvalue weighted by atomic mass is 16.5. The van der Waals surface area contributed by atoms with E-state index in [4.69, 9.17) is 4.74 Å². The van der Waals surface area contributed by atoms with E-state index in [-0.39, 0.29) is 11.8 Å². The van der Waals surface area contributed by atoms with Crippen molar-refractivity contribution in [3.8, 4) is 5.75 Å². The molecule has 3 aliphatic carbocycles. The summed E-state index contributed by atoms with van der Waals surface area (Å²) < 4.78 is 5.45. The number of ether oxygens (including phenoxy) is 1. The first-order valence-corrected chi connectivity index (χ1v) is 10.5. The number of aliphatic carboxylic acids is 1. The van der Waals surface area contributed by atoms with E-state index in [9.17, 15) is 14.7 Å². The van der Waals surface area contributed by atoms with E-state index in [0.717, 1.165) is 22.3 Å². The molecule has 3 aliphatic rings. The number of carbonyl (C=O) groups is 2. The maximum Gasteiger partial charge on any atom is 0.229 e. The lowest BCUT2D eigenvalue weighted by Gasteiger charge is -2.50. The summed E-state index contributed by atoms with van der Waals surface area (Å²) in [5, 5.41) is 15.3. The second kappa shape index (κ2) is 7.58. The molecule has 3 aromatic carbocycles. The Labute approximate surface area is 180 Å². The summed E-state index contributed by atoms with van der Waals surface area (Å²) in [4.78, 5) is 25.8. The Morgan fingerprint density at radius 3 is 1.74 bits per heavy atom. The Morgan fingerprint density at radius 2 is 1.29 bits per heavy atom. The predicted molar refractivity (Wildman–Crippen MR) is 115 cm³/mol. The predicted octanol–water partition coefficient (Wildman–Crippen LogP) is 3.30. The van der Waals surface area contributed by atoms with Crippen molar-refractivity contribution >= 4 is 17.6 Å². The minimum atomic E-state index is -1.19. The molecular formula is C26H22NO4-. The van der Waals surface area contributed by atoms with Gasteiger partial charge in [-0.15, -0.1) is 0 Å². The lowest BCUT2D eigenvalue weighted by Crippen LogP contribution is -2.52. The van der Waals surface area contributed by atoms with Gasteiger partial charge in [-0.05, 0) is 53.4 Å². The molecule has 31 heavy (non-hydrogen) atoms. The van der Waals surface area contributed by atoms with Gasteiger partial charge < -0.3 is 20.0 Å². The van der Waals surface area contributed by atoms with E-state index in [1.54, 1.807) is 24.3 Å². The average Bonchev–Trinajstić information content (AvgIpc) is 2.80. The number of amides is 1. The topological polar surface area (TPSA) is 78.5 Å². The molecule has 0 radical (unpaired) electrons. The molecule has 6 rings (SSSR count). The Kier molecular flexibility index (Phi) is 4.74. The highest BCUT2D eigenvalue weighted by molar-refractivity contribution is 5.97. The lowest BCUT2D eigenvalue weighted by atomic mass is 9.54. The number of carbonyl (C=O) groups excluding carboxylic acids is 2. The zero-order valence-corrected chi connectivity index (χ0v) is 17.1. The molecule has 2 bridgehead atoms. The second-order valence-corrected chi connectivity index (χ2v) is 8.03. The number of carboxylic acids is 1. The van der Waals surface area contributed by atoms with E-state index >= 15 is 0 Å². The average molecular weight is 412 g/mol. The van der Waals surface area contributed by atoms with Crippen molar-refractivity contribution in [3.05, 3.63) is 95.1 Å². The number of carboxylic acid groups (broad SMARTS) is 1. The van der Waals surface area contributed by atoms with Crippen LogP contribution in [-0.2, 0) is 9.59 Å². The van der Waals surface area contributed by atoms with Gasteiger partial charge in [0.2, 0.25) is 5.91 Å². The normalized spacial score (nSPS) is 22.9. The number of rotatable bonds is 5. The summed E-state index contributed by atoms with van der Waals surface area (Å²) in [5.74, 6) is -3.21. The quantitative estimate of drug-likeness (QED) is 0.698. The van der Waals surface area contributed by atoms with Gasteiger partial charge in [0.05, 0.1) is 12.5 Å². The Bertz CT molecular complexity index is 1110. The van der Waals surface area contributed by atoms with E-state index in [1.165, 1.54) is 0 Å². The van der Waals surface area contributed by atoms with Crippen molar-refractivity contribution in [1.82, 2.24) is 0 Å². The molecule has 0 saturated carbocycles. The summed E-state index contributed by atoms with van der Waals surface area (Å²) in [6.07, 6.45) is 0. The molecule has 1 N–H and O–H groups in total.